The number of nitrogens with two attached hydrogens (primary N) is 1. The van der Waals surface area contributed by atoms with Gasteiger partial charge in [-0.25, -0.2) is 9.78 Å². The lowest BCUT2D eigenvalue weighted by Crippen LogP contribution is -2.57. The van der Waals surface area contributed by atoms with Gasteiger partial charge in [-0.1, -0.05) is 50.6 Å². The molecule has 1 aromatic carbocycles. The van der Waals surface area contributed by atoms with E-state index in [4.69, 9.17) is 5.73 Å². The van der Waals surface area contributed by atoms with E-state index < -0.39 is 35.9 Å². The summed E-state index contributed by atoms with van der Waals surface area (Å²) >= 11 is 0. The first-order valence-electron chi connectivity index (χ1n) is 9.92. The van der Waals surface area contributed by atoms with Gasteiger partial charge in [-0.15, -0.1) is 0 Å². The number of H-pyrrole nitrogens is 1. The second-order valence-electron chi connectivity index (χ2n) is 7.35. The Morgan fingerprint density at radius 2 is 1.83 bits per heavy atom. The van der Waals surface area contributed by atoms with Gasteiger partial charge in [-0.3, -0.25) is 9.59 Å². The molecule has 0 spiro atoms. The monoisotopic (exact) mass is 415 g/mol. The molecule has 0 saturated heterocycles. The molecular weight excluding hydrogens is 386 g/mol. The Labute approximate surface area is 175 Å². The minimum absolute atomic E-state index is 0.0514. The van der Waals surface area contributed by atoms with Crippen LogP contribution in [0.4, 0.5) is 0 Å². The smallest absolute Gasteiger partial charge is 0.326 e. The molecule has 6 N–H and O–H groups in total. The third kappa shape index (κ3) is 6.70. The van der Waals surface area contributed by atoms with Crippen LogP contribution in [0.15, 0.2) is 42.9 Å². The number of imidazole rings is 1. The summed E-state index contributed by atoms with van der Waals surface area (Å²) in [5.74, 6) is -2.40. The van der Waals surface area contributed by atoms with Crippen LogP contribution in [0.25, 0.3) is 0 Å². The quantitative estimate of drug-likeness (QED) is 0.363. The zero-order valence-corrected chi connectivity index (χ0v) is 17.2. The number of hydrogen-bond donors (Lipinski definition) is 5. The van der Waals surface area contributed by atoms with Crippen LogP contribution >= 0.6 is 0 Å². The van der Waals surface area contributed by atoms with E-state index in [1.165, 1.54) is 12.5 Å². The number of carbonyl (C=O) groups is 3. The van der Waals surface area contributed by atoms with Crippen LogP contribution in [-0.4, -0.2) is 51.0 Å². The summed E-state index contributed by atoms with van der Waals surface area (Å²) < 4.78 is 0. The molecule has 1 aromatic heterocycles. The number of aromatic amines is 1. The van der Waals surface area contributed by atoms with Gasteiger partial charge < -0.3 is 26.5 Å². The van der Waals surface area contributed by atoms with Crippen LogP contribution in [0, 0.1) is 5.92 Å². The number of amides is 2. The van der Waals surface area contributed by atoms with Crippen molar-refractivity contribution in [2.24, 2.45) is 11.7 Å². The van der Waals surface area contributed by atoms with Gasteiger partial charge in [0.15, 0.2) is 0 Å². The van der Waals surface area contributed by atoms with Gasteiger partial charge in [0.05, 0.1) is 12.4 Å². The summed E-state index contributed by atoms with van der Waals surface area (Å²) in [5.41, 5.74) is 7.52. The standard InChI is InChI=1S/C21H29N5O4/c1-3-13(2)18(26-19(27)16(22)9-14-7-5-4-6-8-14)20(28)25-17(21(29)30)10-15-11-23-12-24-15/h4-8,11-13,16-18H,3,9-10,22H2,1-2H3,(H,23,24)(H,25,28)(H,26,27)(H,29,30)/t13-,16-,17-,18-/m0/s1. The van der Waals surface area contributed by atoms with Crippen LogP contribution in [-0.2, 0) is 27.2 Å². The molecule has 162 valence electrons. The number of aromatic nitrogens is 2. The topological polar surface area (TPSA) is 150 Å². The van der Waals surface area contributed by atoms with Gasteiger partial charge in [0.2, 0.25) is 11.8 Å². The number of benzene rings is 1. The van der Waals surface area contributed by atoms with Crippen molar-refractivity contribution in [2.45, 2.75) is 51.2 Å². The van der Waals surface area contributed by atoms with Crippen LogP contribution in [0.1, 0.15) is 31.5 Å². The van der Waals surface area contributed by atoms with Crippen LogP contribution in [0.2, 0.25) is 0 Å². The fourth-order valence-corrected chi connectivity index (χ4v) is 3.00. The number of rotatable bonds is 11. The molecule has 1 heterocycles. The van der Waals surface area contributed by atoms with E-state index in [-0.39, 0.29) is 12.3 Å². The highest BCUT2D eigenvalue weighted by molar-refractivity contribution is 5.92. The second kappa shape index (κ2) is 11.1. The van der Waals surface area contributed by atoms with Crippen LogP contribution in [0.3, 0.4) is 0 Å². The third-order valence-corrected chi connectivity index (χ3v) is 5.02. The molecule has 30 heavy (non-hydrogen) atoms. The summed E-state index contributed by atoms with van der Waals surface area (Å²) in [7, 11) is 0. The van der Waals surface area contributed by atoms with Gasteiger partial charge in [-0.2, -0.15) is 0 Å². The fraction of sp³-hybridized carbons (Fsp3) is 0.429. The summed E-state index contributed by atoms with van der Waals surface area (Å²) in [4.78, 5) is 43.7. The summed E-state index contributed by atoms with van der Waals surface area (Å²) in [6.07, 6.45) is 3.93. The zero-order chi connectivity index (χ0) is 22.1. The van der Waals surface area contributed by atoms with Crippen LogP contribution < -0.4 is 16.4 Å². The maximum absolute atomic E-state index is 12.8. The normalized spacial score (nSPS) is 14.9. The molecule has 0 unspecified atom stereocenters. The zero-order valence-electron chi connectivity index (χ0n) is 17.2. The van der Waals surface area contributed by atoms with Gasteiger partial charge in [0, 0.05) is 18.3 Å². The van der Waals surface area contributed by atoms with Crippen molar-refractivity contribution in [3.05, 3.63) is 54.1 Å². The Hall–Kier alpha value is -3.20. The van der Waals surface area contributed by atoms with Gasteiger partial charge in [0.25, 0.3) is 0 Å². The Morgan fingerprint density at radius 1 is 1.13 bits per heavy atom. The highest BCUT2D eigenvalue weighted by Crippen LogP contribution is 2.10. The summed E-state index contributed by atoms with van der Waals surface area (Å²) in [6, 6.07) is 6.47. The van der Waals surface area contributed by atoms with Crippen molar-refractivity contribution in [2.75, 3.05) is 0 Å². The molecule has 2 amide bonds. The van der Waals surface area contributed by atoms with Gasteiger partial charge in [-0.05, 0) is 17.9 Å². The van der Waals surface area contributed by atoms with Gasteiger partial charge in [0.1, 0.15) is 12.1 Å². The molecule has 0 aliphatic rings. The van der Waals surface area contributed by atoms with E-state index in [1.54, 1.807) is 0 Å². The summed E-state index contributed by atoms with van der Waals surface area (Å²) in [6.45, 7) is 3.71. The predicted octanol–water partition coefficient (Wildman–Crippen LogP) is 0.623. The number of carboxylic acid groups (broad SMARTS) is 1. The van der Waals surface area contributed by atoms with Crippen molar-refractivity contribution in [1.82, 2.24) is 20.6 Å². The largest absolute Gasteiger partial charge is 0.480 e. The number of nitrogens with one attached hydrogen (secondary N) is 3. The van der Waals surface area contributed by atoms with E-state index >= 15 is 0 Å². The molecule has 0 aliphatic carbocycles. The Bertz CT molecular complexity index is 825. The Kier molecular flexibility index (Phi) is 8.54. The van der Waals surface area contributed by atoms with E-state index in [2.05, 4.69) is 20.6 Å². The van der Waals surface area contributed by atoms with Crippen molar-refractivity contribution in [3.8, 4) is 0 Å². The molecule has 2 rings (SSSR count). The lowest BCUT2D eigenvalue weighted by atomic mass is 9.96. The van der Waals surface area contributed by atoms with Gasteiger partial charge >= 0.3 is 5.97 Å². The molecule has 9 heteroatoms. The average molecular weight is 415 g/mol. The highest BCUT2D eigenvalue weighted by atomic mass is 16.4. The Morgan fingerprint density at radius 3 is 2.40 bits per heavy atom. The molecule has 0 aliphatic heterocycles. The van der Waals surface area contributed by atoms with Crippen LogP contribution in [0.5, 0.6) is 0 Å². The number of hydrogen-bond acceptors (Lipinski definition) is 5. The number of carboxylic acids is 1. The molecule has 0 saturated carbocycles. The Balaban J connectivity index is 2.04. The SMILES string of the molecule is CC[C@H](C)[C@H](NC(=O)[C@@H](N)Cc1ccccc1)C(=O)N[C@@H](Cc1cnc[nH]1)C(=O)O. The lowest BCUT2D eigenvalue weighted by molar-refractivity contribution is -0.142. The van der Waals surface area contributed by atoms with Crippen molar-refractivity contribution in [3.63, 3.8) is 0 Å². The minimum Gasteiger partial charge on any atom is -0.480 e. The molecule has 0 bridgehead atoms. The highest BCUT2D eigenvalue weighted by Gasteiger charge is 2.31. The first kappa shape index (κ1) is 23.1. The van der Waals surface area contributed by atoms with E-state index in [1.807, 2.05) is 44.2 Å². The maximum atomic E-state index is 12.8. The fourth-order valence-electron chi connectivity index (χ4n) is 3.00. The number of nitrogens with zero attached hydrogens (tertiary/aromatic N) is 1. The molecule has 4 atom stereocenters. The third-order valence-electron chi connectivity index (χ3n) is 5.02. The number of aliphatic carboxylic acids is 1. The van der Waals surface area contributed by atoms with Crippen molar-refractivity contribution < 1.29 is 19.5 Å². The van der Waals surface area contributed by atoms with Crippen molar-refractivity contribution in [1.29, 1.82) is 0 Å². The second-order valence-corrected chi connectivity index (χ2v) is 7.35. The predicted molar refractivity (Wildman–Crippen MR) is 111 cm³/mol. The summed E-state index contributed by atoms with van der Waals surface area (Å²) in [5, 5.41) is 14.7. The maximum Gasteiger partial charge on any atom is 0.326 e. The minimum atomic E-state index is -1.17. The van der Waals surface area contributed by atoms with E-state index in [0.29, 0.717) is 18.5 Å². The van der Waals surface area contributed by atoms with E-state index in [0.717, 1.165) is 5.56 Å². The molecule has 0 radical (unpaired) electrons. The molecule has 9 nitrogen and oxygen atoms in total. The van der Waals surface area contributed by atoms with E-state index in [9.17, 15) is 19.5 Å². The lowest BCUT2D eigenvalue weighted by Gasteiger charge is -2.26. The average Bonchev–Trinajstić information content (AvgIpc) is 3.24. The van der Waals surface area contributed by atoms with Crippen molar-refractivity contribution >= 4 is 17.8 Å². The first-order chi connectivity index (χ1) is 14.3. The molecular formula is C21H29N5O4. The molecule has 2 aromatic rings. The first-order valence-corrected chi connectivity index (χ1v) is 9.92. The molecule has 0 fully saturated rings. The number of carbonyl (C=O) groups excluding carboxylic acids is 2.